The molecule has 0 aromatic carbocycles. The van der Waals surface area contributed by atoms with Crippen molar-refractivity contribution >= 4 is 11.8 Å². The van der Waals surface area contributed by atoms with Gasteiger partial charge in [-0.3, -0.25) is 9.59 Å². The fourth-order valence-corrected chi connectivity index (χ4v) is 5.61. The van der Waals surface area contributed by atoms with E-state index in [-0.39, 0.29) is 18.0 Å². The van der Waals surface area contributed by atoms with Crippen molar-refractivity contribution in [3.8, 4) is 0 Å². The number of carbonyl (C=O) groups is 2. The van der Waals surface area contributed by atoms with Gasteiger partial charge in [0.05, 0.1) is 0 Å². The lowest BCUT2D eigenvalue weighted by atomic mass is 10.0. The number of rotatable bonds is 32. The van der Waals surface area contributed by atoms with Crippen molar-refractivity contribution in [3.63, 3.8) is 0 Å². The molecular weight excluding hydrogens is 492 g/mol. The second-order valence-electron chi connectivity index (χ2n) is 12.5. The molecule has 238 valence electrons. The molecule has 0 saturated heterocycles. The lowest BCUT2D eigenvalue weighted by molar-refractivity contribution is -0.124. The van der Waals surface area contributed by atoms with Gasteiger partial charge in [-0.25, -0.2) is 0 Å². The van der Waals surface area contributed by atoms with E-state index >= 15 is 0 Å². The molecular formula is C36H72N2O2. The molecule has 4 heteroatoms. The molecule has 4 nitrogen and oxygen atoms in total. The fraction of sp³-hybridized carbons (Fsp3) is 0.944. The molecule has 0 aromatic heterocycles. The number of unbranched alkanes of at least 4 members (excludes halogenated alkanes) is 24. The first-order chi connectivity index (χ1) is 19.6. The molecule has 0 fully saturated rings. The summed E-state index contributed by atoms with van der Waals surface area (Å²) in [4.78, 5) is 24.9. The number of carbonyl (C=O) groups excluding carboxylic acids is 2. The highest BCUT2D eigenvalue weighted by Gasteiger charge is 2.14. The Bertz CT molecular complexity index is 493. The van der Waals surface area contributed by atoms with Gasteiger partial charge in [-0.05, 0) is 19.3 Å². The maximum absolute atomic E-state index is 12.4. The summed E-state index contributed by atoms with van der Waals surface area (Å²) in [5.74, 6) is 0.172. The maximum Gasteiger partial charge on any atom is 0.221 e. The first-order valence-electron chi connectivity index (χ1n) is 18.2. The van der Waals surface area contributed by atoms with Gasteiger partial charge >= 0.3 is 0 Å². The Balaban J connectivity index is 3.65. The summed E-state index contributed by atoms with van der Waals surface area (Å²) < 4.78 is 0. The van der Waals surface area contributed by atoms with Crippen LogP contribution in [0.25, 0.3) is 0 Å². The average molecular weight is 565 g/mol. The monoisotopic (exact) mass is 565 g/mol. The predicted molar refractivity (Wildman–Crippen MR) is 176 cm³/mol. The van der Waals surface area contributed by atoms with E-state index in [2.05, 4.69) is 31.4 Å². The first-order valence-corrected chi connectivity index (χ1v) is 18.2. The van der Waals surface area contributed by atoms with Crippen LogP contribution in [0.1, 0.15) is 213 Å². The third kappa shape index (κ3) is 29.9. The van der Waals surface area contributed by atoms with E-state index in [1.54, 1.807) is 0 Å². The molecule has 0 saturated carbocycles. The number of amides is 2. The fourth-order valence-electron chi connectivity index (χ4n) is 5.61. The molecule has 0 atom stereocenters. The van der Waals surface area contributed by atoms with Gasteiger partial charge in [0.1, 0.15) is 6.17 Å². The van der Waals surface area contributed by atoms with Crippen molar-refractivity contribution in [1.82, 2.24) is 10.6 Å². The molecule has 0 aromatic rings. The zero-order chi connectivity index (χ0) is 29.4. The highest BCUT2D eigenvalue weighted by atomic mass is 16.2. The summed E-state index contributed by atoms with van der Waals surface area (Å²) in [7, 11) is 0. The van der Waals surface area contributed by atoms with Crippen LogP contribution in [-0.2, 0) is 9.59 Å². The molecule has 2 N–H and O–H groups in total. The number of hydrogen-bond donors (Lipinski definition) is 2. The Kier molecular flexibility index (Phi) is 31.6. The van der Waals surface area contributed by atoms with Gasteiger partial charge in [-0.1, -0.05) is 181 Å². The quantitative estimate of drug-likeness (QED) is 0.0630. The third-order valence-corrected chi connectivity index (χ3v) is 8.26. The molecule has 40 heavy (non-hydrogen) atoms. The van der Waals surface area contributed by atoms with Gasteiger partial charge in [0, 0.05) is 12.8 Å². The Morgan fingerprint density at radius 3 is 0.875 bits per heavy atom. The van der Waals surface area contributed by atoms with Gasteiger partial charge in [-0.15, -0.1) is 0 Å². The Morgan fingerprint density at radius 1 is 0.375 bits per heavy atom. The summed E-state index contributed by atoms with van der Waals surface area (Å²) in [6.45, 7) is 6.65. The van der Waals surface area contributed by atoms with Gasteiger partial charge in [0.2, 0.25) is 11.8 Å². The van der Waals surface area contributed by atoms with Gasteiger partial charge < -0.3 is 10.6 Å². The van der Waals surface area contributed by atoms with Gasteiger partial charge in [-0.2, -0.15) is 0 Å². The van der Waals surface area contributed by atoms with Crippen LogP contribution in [-0.4, -0.2) is 18.0 Å². The molecule has 0 heterocycles. The van der Waals surface area contributed by atoms with E-state index in [9.17, 15) is 9.59 Å². The number of hydrogen-bond acceptors (Lipinski definition) is 2. The van der Waals surface area contributed by atoms with Crippen LogP contribution in [0.2, 0.25) is 0 Å². The minimum atomic E-state index is -0.214. The topological polar surface area (TPSA) is 58.2 Å². The Morgan fingerprint density at radius 2 is 0.625 bits per heavy atom. The largest absolute Gasteiger partial charge is 0.336 e. The highest BCUT2D eigenvalue weighted by Crippen LogP contribution is 2.14. The average Bonchev–Trinajstić information content (AvgIpc) is 2.94. The van der Waals surface area contributed by atoms with E-state index in [4.69, 9.17) is 0 Å². The van der Waals surface area contributed by atoms with Crippen LogP contribution in [0.3, 0.4) is 0 Å². The molecule has 0 aliphatic heterocycles. The van der Waals surface area contributed by atoms with E-state index in [1.807, 2.05) is 0 Å². The molecule has 0 radical (unpaired) electrons. The summed E-state index contributed by atoms with van der Waals surface area (Å²) in [5.41, 5.74) is 0. The van der Waals surface area contributed by atoms with Crippen molar-refractivity contribution in [1.29, 1.82) is 0 Å². The Hall–Kier alpha value is -1.06. The van der Waals surface area contributed by atoms with E-state index in [0.717, 1.165) is 38.5 Å². The van der Waals surface area contributed by atoms with Crippen molar-refractivity contribution < 1.29 is 9.59 Å². The third-order valence-electron chi connectivity index (χ3n) is 8.26. The second kappa shape index (κ2) is 32.5. The smallest absolute Gasteiger partial charge is 0.221 e. The highest BCUT2D eigenvalue weighted by molar-refractivity contribution is 5.79. The van der Waals surface area contributed by atoms with E-state index < -0.39 is 0 Å². The molecule has 2 amide bonds. The van der Waals surface area contributed by atoms with Crippen molar-refractivity contribution in [2.75, 3.05) is 0 Å². The zero-order valence-corrected chi connectivity index (χ0v) is 27.6. The van der Waals surface area contributed by atoms with Crippen LogP contribution in [0, 0.1) is 0 Å². The Labute approximate surface area is 251 Å². The minimum Gasteiger partial charge on any atom is -0.336 e. The SMILES string of the molecule is CCCCCCCCCCCCCCCC(=O)NC(CCC)NC(=O)CCCCCCCCCCCCCCC. The van der Waals surface area contributed by atoms with Crippen LogP contribution in [0.5, 0.6) is 0 Å². The molecule has 0 spiro atoms. The summed E-state index contributed by atoms with van der Waals surface area (Å²) in [5, 5.41) is 6.14. The molecule has 0 unspecified atom stereocenters. The van der Waals surface area contributed by atoms with Crippen LogP contribution in [0.15, 0.2) is 0 Å². The van der Waals surface area contributed by atoms with Crippen LogP contribution in [0.4, 0.5) is 0 Å². The van der Waals surface area contributed by atoms with Gasteiger partial charge in [0.15, 0.2) is 0 Å². The van der Waals surface area contributed by atoms with E-state index in [0.29, 0.717) is 12.8 Å². The van der Waals surface area contributed by atoms with Crippen LogP contribution < -0.4 is 10.6 Å². The van der Waals surface area contributed by atoms with Crippen molar-refractivity contribution in [2.45, 2.75) is 220 Å². The lowest BCUT2D eigenvalue weighted by Crippen LogP contribution is -2.47. The van der Waals surface area contributed by atoms with Crippen molar-refractivity contribution in [2.24, 2.45) is 0 Å². The number of nitrogens with one attached hydrogen (secondary N) is 2. The van der Waals surface area contributed by atoms with Crippen molar-refractivity contribution in [3.05, 3.63) is 0 Å². The zero-order valence-electron chi connectivity index (χ0n) is 27.6. The maximum atomic E-state index is 12.4. The predicted octanol–water partition coefficient (Wildman–Crippen LogP) is 11.3. The molecule has 0 aliphatic rings. The molecule has 0 bridgehead atoms. The first kappa shape index (κ1) is 38.9. The van der Waals surface area contributed by atoms with Gasteiger partial charge in [0.25, 0.3) is 0 Å². The normalized spacial score (nSPS) is 11.3. The minimum absolute atomic E-state index is 0.0859. The molecule has 0 rings (SSSR count). The van der Waals surface area contributed by atoms with E-state index in [1.165, 1.54) is 141 Å². The lowest BCUT2D eigenvalue weighted by Gasteiger charge is -2.20. The summed E-state index contributed by atoms with van der Waals surface area (Å²) >= 11 is 0. The standard InChI is InChI=1S/C36H72N2O2/c1-4-7-9-11-13-15-17-19-21-23-25-27-29-32-35(39)37-34(31-6-3)38-36(40)33-30-28-26-24-22-20-18-16-14-12-10-8-5-2/h34H,4-33H2,1-3H3,(H,37,39)(H,38,40). The second-order valence-corrected chi connectivity index (χ2v) is 12.5. The van der Waals surface area contributed by atoms with Crippen LogP contribution >= 0.6 is 0 Å². The summed E-state index contributed by atoms with van der Waals surface area (Å²) in [6.07, 6.45) is 36.8. The summed E-state index contributed by atoms with van der Waals surface area (Å²) in [6, 6.07) is 0. The molecule has 0 aliphatic carbocycles.